The van der Waals surface area contributed by atoms with Gasteiger partial charge in [0.25, 0.3) is 0 Å². The SMILES string of the molecule is CC(C)(CCl)C(=O)Nc1cc(Br)ccc1Br. The van der Waals surface area contributed by atoms with Crippen molar-refractivity contribution in [2.75, 3.05) is 11.2 Å². The van der Waals surface area contributed by atoms with Crippen LogP contribution in [-0.2, 0) is 4.79 Å². The fourth-order valence-electron chi connectivity index (χ4n) is 0.945. The maximum atomic E-state index is 11.9. The lowest BCUT2D eigenvalue weighted by molar-refractivity contribution is -0.122. The molecule has 16 heavy (non-hydrogen) atoms. The van der Waals surface area contributed by atoms with Crippen molar-refractivity contribution < 1.29 is 4.79 Å². The van der Waals surface area contributed by atoms with E-state index in [4.69, 9.17) is 11.6 Å². The van der Waals surface area contributed by atoms with E-state index in [9.17, 15) is 4.79 Å². The fourth-order valence-corrected chi connectivity index (χ4v) is 1.77. The van der Waals surface area contributed by atoms with E-state index in [0.29, 0.717) is 0 Å². The molecule has 0 fully saturated rings. The van der Waals surface area contributed by atoms with E-state index in [2.05, 4.69) is 37.2 Å². The zero-order chi connectivity index (χ0) is 12.3. The van der Waals surface area contributed by atoms with Gasteiger partial charge in [-0.25, -0.2) is 0 Å². The van der Waals surface area contributed by atoms with Gasteiger partial charge in [-0.3, -0.25) is 4.79 Å². The van der Waals surface area contributed by atoms with Crippen LogP contribution in [-0.4, -0.2) is 11.8 Å². The Labute approximate surface area is 117 Å². The van der Waals surface area contributed by atoms with Crippen LogP contribution < -0.4 is 5.32 Å². The smallest absolute Gasteiger partial charge is 0.231 e. The maximum Gasteiger partial charge on any atom is 0.231 e. The number of nitrogens with one attached hydrogen (secondary N) is 1. The third kappa shape index (κ3) is 3.47. The predicted molar refractivity (Wildman–Crippen MR) is 75.0 cm³/mol. The van der Waals surface area contributed by atoms with Gasteiger partial charge in [0.1, 0.15) is 0 Å². The molecule has 0 spiro atoms. The molecule has 0 saturated carbocycles. The lowest BCUT2D eigenvalue weighted by atomic mass is 9.95. The van der Waals surface area contributed by atoms with Gasteiger partial charge < -0.3 is 5.32 Å². The minimum Gasteiger partial charge on any atom is -0.325 e. The summed E-state index contributed by atoms with van der Waals surface area (Å²) < 4.78 is 1.75. The Bertz CT molecular complexity index is 407. The highest BCUT2D eigenvalue weighted by Crippen LogP contribution is 2.28. The quantitative estimate of drug-likeness (QED) is 0.786. The minimum absolute atomic E-state index is 0.0960. The summed E-state index contributed by atoms with van der Waals surface area (Å²) in [4.78, 5) is 11.9. The van der Waals surface area contributed by atoms with Gasteiger partial charge >= 0.3 is 0 Å². The van der Waals surface area contributed by atoms with E-state index in [0.717, 1.165) is 14.6 Å². The molecule has 0 aliphatic carbocycles. The number of anilines is 1. The summed E-state index contributed by atoms with van der Waals surface area (Å²) >= 11 is 12.5. The van der Waals surface area contributed by atoms with Crippen molar-refractivity contribution in [3.63, 3.8) is 0 Å². The predicted octanol–water partition coefficient (Wildman–Crippen LogP) is 4.42. The number of carbonyl (C=O) groups excluding carboxylic acids is 1. The van der Waals surface area contributed by atoms with E-state index in [-0.39, 0.29) is 11.8 Å². The van der Waals surface area contributed by atoms with Gasteiger partial charge in [0, 0.05) is 14.8 Å². The number of hydrogen-bond acceptors (Lipinski definition) is 1. The average molecular weight is 369 g/mol. The summed E-state index contributed by atoms with van der Waals surface area (Å²) in [7, 11) is 0. The first-order valence-corrected chi connectivity index (χ1v) is 6.81. The lowest BCUT2D eigenvalue weighted by Gasteiger charge is -2.20. The third-order valence-electron chi connectivity index (χ3n) is 2.13. The first-order valence-electron chi connectivity index (χ1n) is 4.69. The lowest BCUT2D eigenvalue weighted by Crippen LogP contribution is -2.32. The Balaban J connectivity index is 2.89. The second-order valence-electron chi connectivity index (χ2n) is 4.10. The molecule has 1 aromatic rings. The zero-order valence-electron chi connectivity index (χ0n) is 8.98. The molecule has 0 unspecified atom stereocenters. The van der Waals surface area contributed by atoms with E-state index in [1.807, 2.05) is 18.2 Å². The van der Waals surface area contributed by atoms with Gasteiger partial charge in [-0.05, 0) is 48.0 Å². The van der Waals surface area contributed by atoms with Crippen molar-refractivity contribution in [2.45, 2.75) is 13.8 Å². The summed E-state index contributed by atoms with van der Waals surface area (Å²) in [5.41, 5.74) is 0.154. The van der Waals surface area contributed by atoms with Crippen molar-refractivity contribution in [3.8, 4) is 0 Å². The first kappa shape index (κ1) is 14.0. The van der Waals surface area contributed by atoms with Crippen molar-refractivity contribution in [2.24, 2.45) is 5.41 Å². The molecule has 5 heteroatoms. The number of amides is 1. The van der Waals surface area contributed by atoms with Crippen molar-refractivity contribution in [1.29, 1.82) is 0 Å². The molecule has 0 radical (unpaired) electrons. The maximum absolute atomic E-state index is 11.9. The van der Waals surface area contributed by atoms with Gasteiger partial charge in [0.05, 0.1) is 11.1 Å². The van der Waals surface area contributed by atoms with Crippen molar-refractivity contribution in [1.82, 2.24) is 0 Å². The van der Waals surface area contributed by atoms with Crippen molar-refractivity contribution in [3.05, 3.63) is 27.1 Å². The van der Waals surface area contributed by atoms with Gasteiger partial charge in [0.2, 0.25) is 5.91 Å². The zero-order valence-corrected chi connectivity index (χ0v) is 12.9. The Morgan fingerprint density at radius 1 is 1.44 bits per heavy atom. The van der Waals surface area contributed by atoms with Crippen LogP contribution in [0.25, 0.3) is 0 Å². The molecule has 1 N–H and O–H groups in total. The topological polar surface area (TPSA) is 29.1 Å². The Kier molecular flexibility index (Phi) is 4.83. The molecule has 0 saturated heterocycles. The molecule has 0 atom stereocenters. The van der Waals surface area contributed by atoms with Gasteiger partial charge in [-0.15, -0.1) is 11.6 Å². The minimum atomic E-state index is -0.580. The molecule has 0 heterocycles. The third-order valence-corrected chi connectivity index (χ3v) is 3.98. The molecule has 2 nitrogen and oxygen atoms in total. The summed E-state index contributed by atoms with van der Waals surface area (Å²) in [6.45, 7) is 3.61. The highest BCUT2D eigenvalue weighted by atomic mass is 79.9. The van der Waals surface area contributed by atoms with Crippen molar-refractivity contribution >= 4 is 55.1 Å². The summed E-state index contributed by atoms with van der Waals surface area (Å²) in [6.07, 6.45) is 0. The fraction of sp³-hybridized carbons (Fsp3) is 0.364. The van der Waals surface area contributed by atoms with E-state index in [1.54, 1.807) is 13.8 Å². The van der Waals surface area contributed by atoms with Crippen LogP contribution in [0.5, 0.6) is 0 Å². The number of halogens is 3. The molecule has 88 valence electrons. The largest absolute Gasteiger partial charge is 0.325 e. The van der Waals surface area contributed by atoms with Gasteiger partial charge in [-0.1, -0.05) is 15.9 Å². The number of carbonyl (C=O) groups is 1. The van der Waals surface area contributed by atoms with Crippen LogP contribution in [0.15, 0.2) is 27.1 Å². The highest BCUT2D eigenvalue weighted by molar-refractivity contribution is 9.11. The van der Waals surface area contributed by atoms with Crippen LogP contribution in [0.3, 0.4) is 0 Å². The average Bonchev–Trinajstić information content (AvgIpc) is 2.23. The second-order valence-corrected chi connectivity index (χ2v) is 6.13. The summed E-state index contributed by atoms with van der Waals surface area (Å²) in [5, 5.41) is 2.84. The Hall–Kier alpha value is -0.0600. The van der Waals surface area contributed by atoms with E-state index < -0.39 is 5.41 Å². The number of rotatable bonds is 3. The Morgan fingerprint density at radius 2 is 2.06 bits per heavy atom. The first-order chi connectivity index (χ1) is 7.36. The molecule has 1 aromatic carbocycles. The monoisotopic (exact) mass is 367 g/mol. The van der Waals surface area contributed by atoms with Crippen LogP contribution in [0.4, 0.5) is 5.69 Å². The standard InChI is InChI=1S/C11H12Br2ClNO/c1-11(2,6-14)10(16)15-9-5-7(12)3-4-8(9)13/h3-5H,6H2,1-2H3,(H,15,16). The molecule has 0 aromatic heterocycles. The number of alkyl halides is 1. The van der Waals surface area contributed by atoms with Crippen LogP contribution in [0, 0.1) is 5.41 Å². The number of benzene rings is 1. The molecule has 1 amide bonds. The summed E-state index contributed by atoms with van der Waals surface area (Å²) in [6, 6.07) is 5.60. The second kappa shape index (κ2) is 5.52. The Morgan fingerprint density at radius 3 is 2.62 bits per heavy atom. The van der Waals surface area contributed by atoms with E-state index in [1.165, 1.54) is 0 Å². The van der Waals surface area contributed by atoms with Gasteiger partial charge in [-0.2, -0.15) is 0 Å². The molecule has 0 aliphatic rings. The van der Waals surface area contributed by atoms with Crippen LogP contribution in [0.2, 0.25) is 0 Å². The normalized spacial score (nSPS) is 11.3. The van der Waals surface area contributed by atoms with Crippen LogP contribution in [0.1, 0.15) is 13.8 Å². The molecular weight excluding hydrogens is 357 g/mol. The van der Waals surface area contributed by atoms with Gasteiger partial charge in [0.15, 0.2) is 0 Å². The molecular formula is C11H12Br2ClNO. The van der Waals surface area contributed by atoms with E-state index >= 15 is 0 Å². The highest BCUT2D eigenvalue weighted by Gasteiger charge is 2.26. The molecule has 0 bridgehead atoms. The van der Waals surface area contributed by atoms with Crippen LogP contribution >= 0.6 is 43.5 Å². The molecule has 0 aliphatic heterocycles. The number of hydrogen-bond donors (Lipinski definition) is 1. The summed E-state index contributed by atoms with van der Waals surface area (Å²) in [5.74, 6) is 0.186. The molecule has 1 rings (SSSR count).